The van der Waals surface area contributed by atoms with Gasteiger partial charge in [0.1, 0.15) is 5.82 Å². The van der Waals surface area contributed by atoms with E-state index in [-0.39, 0.29) is 5.69 Å². The lowest BCUT2D eigenvalue weighted by Gasteiger charge is -2.03. The Morgan fingerprint density at radius 3 is 2.39 bits per heavy atom. The van der Waals surface area contributed by atoms with E-state index in [1.807, 2.05) is 49.4 Å². The molecule has 5 aromatic rings. The molecule has 0 saturated heterocycles. The van der Waals surface area contributed by atoms with E-state index < -0.39 is 4.92 Å². The number of H-pyrrole nitrogens is 2. The molecule has 3 aromatic carbocycles. The molecule has 0 aliphatic heterocycles. The Labute approximate surface area is 186 Å². The van der Waals surface area contributed by atoms with Crippen molar-refractivity contribution in [2.24, 2.45) is 0 Å². The molecule has 5 rings (SSSR count). The zero-order valence-electron chi connectivity index (χ0n) is 16.5. The first-order valence-corrected chi connectivity index (χ1v) is 10.5. The van der Waals surface area contributed by atoms with Crippen molar-refractivity contribution < 1.29 is 4.92 Å². The third-order valence-electron chi connectivity index (χ3n) is 5.30. The average Bonchev–Trinajstić information content (AvgIpc) is 3.34. The quantitative estimate of drug-likeness (QED) is 0.221. The van der Waals surface area contributed by atoms with Crippen molar-refractivity contribution in [1.29, 1.82) is 0 Å². The van der Waals surface area contributed by atoms with Gasteiger partial charge in [0.15, 0.2) is 0 Å². The normalized spacial score (nSPS) is 11.2. The van der Waals surface area contributed by atoms with Gasteiger partial charge >= 0.3 is 0 Å². The zero-order chi connectivity index (χ0) is 21.5. The molecule has 152 valence electrons. The van der Waals surface area contributed by atoms with Gasteiger partial charge in [0, 0.05) is 49.9 Å². The highest BCUT2D eigenvalue weighted by Crippen LogP contribution is 2.37. The Morgan fingerprint density at radius 2 is 1.68 bits per heavy atom. The van der Waals surface area contributed by atoms with Crippen molar-refractivity contribution >= 4 is 32.5 Å². The van der Waals surface area contributed by atoms with Crippen molar-refractivity contribution in [3.05, 3.63) is 93.1 Å². The van der Waals surface area contributed by atoms with Crippen molar-refractivity contribution in [3.8, 4) is 33.9 Å². The lowest BCUT2D eigenvalue weighted by Crippen LogP contribution is -1.88. The number of imidazole rings is 1. The number of rotatable bonds is 4. The number of nitrogens with one attached hydrogen (secondary N) is 2. The highest BCUT2D eigenvalue weighted by molar-refractivity contribution is 9.10. The summed E-state index contributed by atoms with van der Waals surface area (Å²) >= 11 is 3.56. The number of benzene rings is 3. The maximum absolute atomic E-state index is 11.1. The van der Waals surface area contributed by atoms with Crippen LogP contribution in [0, 0.1) is 17.0 Å². The van der Waals surface area contributed by atoms with Crippen LogP contribution < -0.4 is 0 Å². The molecule has 2 N–H and O–H groups in total. The van der Waals surface area contributed by atoms with Crippen molar-refractivity contribution in [2.75, 3.05) is 0 Å². The van der Waals surface area contributed by atoms with Gasteiger partial charge in [-0.05, 0) is 37.3 Å². The van der Waals surface area contributed by atoms with E-state index in [1.165, 1.54) is 12.1 Å². The Kier molecular flexibility index (Phi) is 4.67. The lowest BCUT2D eigenvalue weighted by atomic mass is 10.0. The van der Waals surface area contributed by atoms with Gasteiger partial charge in [-0.15, -0.1) is 0 Å². The third kappa shape index (κ3) is 3.43. The number of hydrogen-bond donors (Lipinski definition) is 2. The van der Waals surface area contributed by atoms with Crippen LogP contribution in [-0.2, 0) is 0 Å². The van der Waals surface area contributed by atoms with Crippen LogP contribution >= 0.6 is 15.9 Å². The minimum Gasteiger partial charge on any atom is -0.358 e. The highest BCUT2D eigenvalue weighted by Gasteiger charge is 2.20. The van der Waals surface area contributed by atoms with Crippen molar-refractivity contribution in [2.45, 2.75) is 6.92 Å². The average molecular weight is 473 g/mol. The fourth-order valence-electron chi connectivity index (χ4n) is 3.86. The topological polar surface area (TPSA) is 87.6 Å². The number of aromatic nitrogens is 3. The molecule has 0 bridgehead atoms. The highest BCUT2D eigenvalue weighted by atomic mass is 79.9. The maximum atomic E-state index is 11.1. The Bertz CT molecular complexity index is 1420. The number of aromatic amines is 2. The molecule has 0 atom stereocenters. The molecule has 2 heterocycles. The van der Waals surface area contributed by atoms with Crippen LogP contribution in [0.15, 0.2) is 77.3 Å². The van der Waals surface area contributed by atoms with Crippen LogP contribution in [0.1, 0.15) is 5.69 Å². The van der Waals surface area contributed by atoms with Gasteiger partial charge in [-0.2, -0.15) is 0 Å². The molecule has 2 aromatic heterocycles. The summed E-state index contributed by atoms with van der Waals surface area (Å²) in [5.74, 6) is 0.744. The molecular weight excluding hydrogens is 456 g/mol. The van der Waals surface area contributed by atoms with Crippen LogP contribution in [0.2, 0.25) is 0 Å². The predicted octanol–water partition coefficient (Wildman–Crippen LogP) is 6.87. The Hall–Kier alpha value is -3.71. The molecule has 0 saturated carbocycles. The second-order valence-electron chi connectivity index (χ2n) is 7.29. The SMILES string of the molecule is Cc1[nH]c2ccc(Br)cc2c1-c1nc(-c2ccccc2)c(-c2ccc([N+](=O)[O-])cc2)[nH]1. The van der Waals surface area contributed by atoms with E-state index in [2.05, 4.69) is 32.0 Å². The summed E-state index contributed by atoms with van der Waals surface area (Å²) in [7, 11) is 0. The number of nitrogens with zero attached hydrogens (tertiary/aromatic N) is 2. The van der Waals surface area contributed by atoms with Gasteiger partial charge in [-0.1, -0.05) is 46.3 Å². The van der Waals surface area contributed by atoms with E-state index >= 15 is 0 Å². The first-order chi connectivity index (χ1) is 15.0. The van der Waals surface area contributed by atoms with Crippen LogP contribution in [0.4, 0.5) is 5.69 Å². The summed E-state index contributed by atoms with van der Waals surface area (Å²) in [6.07, 6.45) is 0. The van der Waals surface area contributed by atoms with E-state index in [9.17, 15) is 10.1 Å². The number of nitro groups is 1. The maximum Gasteiger partial charge on any atom is 0.269 e. The largest absolute Gasteiger partial charge is 0.358 e. The van der Waals surface area contributed by atoms with Gasteiger partial charge in [-0.25, -0.2) is 4.98 Å². The number of aryl methyl sites for hydroxylation is 1. The number of hydrogen-bond acceptors (Lipinski definition) is 3. The van der Waals surface area contributed by atoms with Gasteiger partial charge in [0.25, 0.3) is 5.69 Å². The Morgan fingerprint density at radius 1 is 0.935 bits per heavy atom. The molecule has 0 fully saturated rings. The molecular formula is C24H17BrN4O2. The zero-order valence-corrected chi connectivity index (χ0v) is 18.1. The molecule has 0 aliphatic carbocycles. The third-order valence-corrected chi connectivity index (χ3v) is 5.80. The minimum absolute atomic E-state index is 0.0575. The van der Waals surface area contributed by atoms with E-state index in [0.29, 0.717) is 0 Å². The number of halogens is 1. The first kappa shape index (κ1) is 19.3. The summed E-state index contributed by atoms with van der Waals surface area (Å²) in [5.41, 5.74) is 6.53. The van der Waals surface area contributed by atoms with Gasteiger partial charge in [0.05, 0.1) is 16.3 Å². The standard InChI is InChI=1S/C24H17BrN4O2/c1-14-21(19-13-17(25)9-12-20(19)26-14)24-27-22(15-5-3-2-4-6-15)23(28-24)16-7-10-18(11-8-16)29(30)31/h2-13,26H,1H3,(H,27,28). The fraction of sp³-hybridized carbons (Fsp3) is 0.0417. The summed E-state index contributed by atoms with van der Waals surface area (Å²) in [6.45, 7) is 2.03. The van der Waals surface area contributed by atoms with E-state index in [1.54, 1.807) is 12.1 Å². The summed E-state index contributed by atoms with van der Waals surface area (Å²) in [4.78, 5) is 22.6. The van der Waals surface area contributed by atoms with Crippen LogP contribution in [0.5, 0.6) is 0 Å². The number of fused-ring (bicyclic) bond motifs is 1. The van der Waals surface area contributed by atoms with Gasteiger partial charge in [0.2, 0.25) is 0 Å². The lowest BCUT2D eigenvalue weighted by molar-refractivity contribution is -0.384. The first-order valence-electron chi connectivity index (χ1n) is 9.70. The van der Waals surface area contributed by atoms with E-state index in [0.717, 1.165) is 55.0 Å². The van der Waals surface area contributed by atoms with Gasteiger partial charge < -0.3 is 9.97 Å². The molecule has 31 heavy (non-hydrogen) atoms. The summed E-state index contributed by atoms with van der Waals surface area (Å²) < 4.78 is 0.991. The molecule has 0 amide bonds. The Balaban J connectivity index is 1.73. The number of nitro benzene ring substituents is 1. The predicted molar refractivity (Wildman–Crippen MR) is 126 cm³/mol. The molecule has 0 unspecified atom stereocenters. The molecule has 6 nitrogen and oxygen atoms in total. The summed E-state index contributed by atoms with van der Waals surface area (Å²) in [6, 6.07) is 22.6. The molecule has 7 heteroatoms. The molecule has 0 aliphatic rings. The van der Waals surface area contributed by atoms with Crippen molar-refractivity contribution in [3.63, 3.8) is 0 Å². The summed E-state index contributed by atoms with van der Waals surface area (Å²) in [5, 5.41) is 12.1. The molecule has 0 spiro atoms. The van der Waals surface area contributed by atoms with Gasteiger partial charge in [-0.3, -0.25) is 10.1 Å². The van der Waals surface area contributed by atoms with Crippen molar-refractivity contribution in [1.82, 2.24) is 15.0 Å². The van der Waals surface area contributed by atoms with Crippen LogP contribution in [0.3, 0.4) is 0 Å². The monoisotopic (exact) mass is 472 g/mol. The van der Waals surface area contributed by atoms with Crippen LogP contribution in [0.25, 0.3) is 44.8 Å². The van der Waals surface area contributed by atoms with E-state index in [4.69, 9.17) is 4.98 Å². The fourth-order valence-corrected chi connectivity index (χ4v) is 4.22. The number of non-ortho nitro benzene ring substituents is 1. The minimum atomic E-state index is -0.395. The molecule has 0 radical (unpaired) electrons. The van der Waals surface area contributed by atoms with Crippen LogP contribution in [-0.4, -0.2) is 19.9 Å². The second-order valence-corrected chi connectivity index (χ2v) is 8.21. The smallest absolute Gasteiger partial charge is 0.269 e. The second kappa shape index (κ2) is 7.52.